The molecule has 5 nitrogen and oxygen atoms in total. The van der Waals surface area contributed by atoms with Crippen molar-refractivity contribution in [2.75, 3.05) is 7.11 Å². The number of methoxy groups -OCH3 is 1. The Bertz CT molecular complexity index is 895. The molecule has 1 heterocycles. The zero-order valence-electron chi connectivity index (χ0n) is 13.8. The zero-order valence-corrected chi connectivity index (χ0v) is 13.8. The lowest BCUT2D eigenvalue weighted by molar-refractivity contribution is 0.0697. The molecule has 3 aromatic rings. The summed E-state index contributed by atoms with van der Waals surface area (Å²) in [7, 11) is 1.59. The van der Waals surface area contributed by atoms with Crippen molar-refractivity contribution in [3.63, 3.8) is 0 Å². The molecule has 0 radical (unpaired) electrons. The van der Waals surface area contributed by atoms with Gasteiger partial charge in [-0.2, -0.15) is 5.10 Å². The van der Waals surface area contributed by atoms with E-state index < -0.39 is 5.97 Å². The average Bonchev–Trinajstić information content (AvgIpc) is 2.93. The maximum Gasteiger partial charge on any atom is 0.339 e. The minimum absolute atomic E-state index is 0.210. The van der Waals surface area contributed by atoms with E-state index in [0.29, 0.717) is 17.1 Å². The first-order chi connectivity index (χ1) is 11.5. The third-order valence-electron chi connectivity index (χ3n) is 3.90. The number of rotatable bonds is 4. The molecule has 0 saturated heterocycles. The lowest BCUT2D eigenvalue weighted by atomic mass is 10.0. The fourth-order valence-corrected chi connectivity index (χ4v) is 2.69. The van der Waals surface area contributed by atoms with E-state index in [2.05, 4.69) is 5.10 Å². The minimum atomic E-state index is -0.989. The number of hydrogen-bond donors (Lipinski definition) is 1. The Balaban J connectivity index is 2.28. The number of aryl methyl sites for hydroxylation is 2. The Hall–Kier alpha value is -3.08. The molecule has 24 heavy (non-hydrogen) atoms. The molecule has 0 unspecified atom stereocenters. The highest BCUT2D eigenvalue weighted by Crippen LogP contribution is 2.30. The summed E-state index contributed by atoms with van der Waals surface area (Å²) in [5, 5.41) is 14.1. The molecule has 0 spiro atoms. The third-order valence-corrected chi connectivity index (χ3v) is 3.90. The van der Waals surface area contributed by atoms with Crippen molar-refractivity contribution in [3.8, 4) is 22.7 Å². The third kappa shape index (κ3) is 2.76. The quantitative estimate of drug-likeness (QED) is 0.792. The van der Waals surface area contributed by atoms with E-state index in [4.69, 9.17) is 4.74 Å². The maximum atomic E-state index is 11.8. The maximum absolute atomic E-state index is 11.8. The van der Waals surface area contributed by atoms with Crippen molar-refractivity contribution in [2.24, 2.45) is 0 Å². The van der Waals surface area contributed by atoms with Gasteiger partial charge < -0.3 is 9.84 Å². The fraction of sp³-hybridized carbons (Fsp3) is 0.158. The van der Waals surface area contributed by atoms with Gasteiger partial charge in [-0.3, -0.25) is 0 Å². The van der Waals surface area contributed by atoms with Crippen LogP contribution in [0.25, 0.3) is 16.9 Å². The van der Waals surface area contributed by atoms with Crippen LogP contribution in [0, 0.1) is 13.8 Å². The smallest absolute Gasteiger partial charge is 0.339 e. The first-order valence-electron chi connectivity index (χ1n) is 7.55. The fourth-order valence-electron chi connectivity index (χ4n) is 2.69. The van der Waals surface area contributed by atoms with Crippen molar-refractivity contribution in [1.82, 2.24) is 9.78 Å². The number of hydrogen-bond acceptors (Lipinski definition) is 3. The summed E-state index contributed by atoms with van der Waals surface area (Å²) < 4.78 is 6.92. The highest BCUT2D eigenvalue weighted by atomic mass is 16.5. The lowest BCUT2D eigenvalue weighted by Gasteiger charge is -2.10. The second-order valence-corrected chi connectivity index (χ2v) is 5.59. The number of aromatic carboxylic acids is 1. The molecule has 122 valence electrons. The largest absolute Gasteiger partial charge is 0.497 e. The Kier molecular flexibility index (Phi) is 4.08. The molecule has 2 aromatic carbocycles. The van der Waals surface area contributed by atoms with Gasteiger partial charge in [0.1, 0.15) is 11.3 Å². The molecular formula is C19H18N2O3. The van der Waals surface area contributed by atoms with E-state index in [0.717, 1.165) is 16.8 Å². The number of carbonyl (C=O) groups is 1. The van der Waals surface area contributed by atoms with Gasteiger partial charge in [0.25, 0.3) is 0 Å². The zero-order chi connectivity index (χ0) is 17.3. The standard InChI is InChI=1S/C19H18N2O3/c1-12-7-9-14(10-8-12)18-17(19(22)23)13(2)20-21(18)15-5-4-6-16(11-15)24-3/h4-11H,1-3H3,(H,22,23). The van der Waals surface area contributed by atoms with Crippen LogP contribution < -0.4 is 4.74 Å². The van der Waals surface area contributed by atoms with Crippen LogP contribution in [0.2, 0.25) is 0 Å². The lowest BCUT2D eigenvalue weighted by Crippen LogP contribution is -2.03. The Labute approximate surface area is 140 Å². The van der Waals surface area contributed by atoms with Crippen molar-refractivity contribution < 1.29 is 14.6 Å². The van der Waals surface area contributed by atoms with Gasteiger partial charge in [-0.25, -0.2) is 9.48 Å². The highest BCUT2D eigenvalue weighted by molar-refractivity contribution is 5.96. The molecule has 3 rings (SSSR count). The van der Waals surface area contributed by atoms with E-state index in [1.807, 2.05) is 55.5 Å². The van der Waals surface area contributed by atoms with Gasteiger partial charge in [-0.05, 0) is 26.0 Å². The van der Waals surface area contributed by atoms with Gasteiger partial charge in [-0.1, -0.05) is 35.9 Å². The van der Waals surface area contributed by atoms with Gasteiger partial charge in [0.05, 0.1) is 24.2 Å². The molecule has 0 amide bonds. The SMILES string of the molecule is COc1cccc(-n2nc(C)c(C(=O)O)c2-c2ccc(C)cc2)c1. The molecule has 0 atom stereocenters. The number of benzene rings is 2. The number of ether oxygens (including phenoxy) is 1. The average molecular weight is 322 g/mol. The number of nitrogens with zero attached hydrogens (tertiary/aromatic N) is 2. The van der Waals surface area contributed by atoms with Crippen LogP contribution in [0.15, 0.2) is 48.5 Å². The summed E-state index contributed by atoms with van der Waals surface area (Å²) in [5.41, 5.74) is 3.91. The summed E-state index contributed by atoms with van der Waals surface area (Å²) in [6, 6.07) is 15.1. The van der Waals surface area contributed by atoms with E-state index >= 15 is 0 Å². The van der Waals surface area contributed by atoms with Crippen LogP contribution in [0.5, 0.6) is 5.75 Å². The van der Waals surface area contributed by atoms with Crippen LogP contribution in [0.3, 0.4) is 0 Å². The van der Waals surface area contributed by atoms with Crippen LogP contribution in [0.1, 0.15) is 21.6 Å². The number of aromatic nitrogens is 2. The number of carboxylic acid groups (broad SMARTS) is 1. The summed E-state index contributed by atoms with van der Waals surface area (Å²) in [6.45, 7) is 3.70. The molecule has 0 saturated carbocycles. The summed E-state index contributed by atoms with van der Waals surface area (Å²) >= 11 is 0. The van der Waals surface area contributed by atoms with Crippen molar-refractivity contribution >= 4 is 5.97 Å². The van der Waals surface area contributed by atoms with Crippen LogP contribution in [-0.2, 0) is 0 Å². The van der Waals surface area contributed by atoms with Gasteiger partial charge in [0.2, 0.25) is 0 Å². The monoisotopic (exact) mass is 322 g/mol. The van der Waals surface area contributed by atoms with Crippen molar-refractivity contribution in [1.29, 1.82) is 0 Å². The van der Waals surface area contributed by atoms with Gasteiger partial charge in [0, 0.05) is 11.6 Å². The van der Waals surface area contributed by atoms with Crippen molar-refractivity contribution in [2.45, 2.75) is 13.8 Å². The second kappa shape index (κ2) is 6.20. The highest BCUT2D eigenvalue weighted by Gasteiger charge is 2.23. The first kappa shape index (κ1) is 15.8. The molecule has 0 aliphatic rings. The van der Waals surface area contributed by atoms with Crippen molar-refractivity contribution in [3.05, 3.63) is 65.4 Å². The molecule has 0 fully saturated rings. The summed E-state index contributed by atoms with van der Waals surface area (Å²) in [6.07, 6.45) is 0. The van der Waals surface area contributed by atoms with Gasteiger partial charge in [-0.15, -0.1) is 0 Å². The predicted molar refractivity (Wildman–Crippen MR) is 92.0 cm³/mol. The predicted octanol–water partition coefficient (Wildman–Crippen LogP) is 3.86. The Morgan fingerprint density at radius 1 is 1.12 bits per heavy atom. The van der Waals surface area contributed by atoms with Gasteiger partial charge >= 0.3 is 5.97 Å². The normalized spacial score (nSPS) is 10.6. The molecule has 0 aliphatic heterocycles. The molecule has 0 bridgehead atoms. The second-order valence-electron chi connectivity index (χ2n) is 5.59. The van der Waals surface area contributed by atoms with Crippen LogP contribution >= 0.6 is 0 Å². The summed E-state index contributed by atoms with van der Waals surface area (Å²) in [4.78, 5) is 11.8. The number of carboxylic acids is 1. The molecule has 5 heteroatoms. The Morgan fingerprint density at radius 3 is 2.46 bits per heavy atom. The van der Waals surface area contributed by atoms with E-state index in [-0.39, 0.29) is 5.56 Å². The van der Waals surface area contributed by atoms with Crippen LogP contribution in [-0.4, -0.2) is 28.0 Å². The summed E-state index contributed by atoms with van der Waals surface area (Å²) in [5.74, 6) is -0.301. The molecule has 0 aliphatic carbocycles. The molecule has 1 aromatic heterocycles. The van der Waals surface area contributed by atoms with E-state index in [1.54, 1.807) is 18.7 Å². The molecular weight excluding hydrogens is 304 g/mol. The topological polar surface area (TPSA) is 64.4 Å². The first-order valence-corrected chi connectivity index (χ1v) is 7.55. The Morgan fingerprint density at radius 2 is 1.83 bits per heavy atom. The van der Waals surface area contributed by atoms with Crippen LogP contribution in [0.4, 0.5) is 0 Å². The molecule has 1 N–H and O–H groups in total. The van der Waals surface area contributed by atoms with Gasteiger partial charge in [0.15, 0.2) is 0 Å². The minimum Gasteiger partial charge on any atom is -0.497 e. The van der Waals surface area contributed by atoms with E-state index in [1.165, 1.54) is 0 Å². The van der Waals surface area contributed by atoms with E-state index in [9.17, 15) is 9.90 Å².